The molecule has 0 unspecified atom stereocenters. The number of rotatable bonds is 3. The van der Waals surface area contributed by atoms with Crippen molar-refractivity contribution in [3.05, 3.63) is 24.0 Å². The predicted octanol–water partition coefficient (Wildman–Crippen LogP) is 1.50. The molecule has 1 fully saturated rings. The number of hydrogen-bond donors (Lipinski definition) is 2. The smallest absolute Gasteiger partial charge is 0.272 e. The fraction of sp³-hybridized carbons (Fsp3) is 0.571. The number of piperidine rings is 1. The van der Waals surface area contributed by atoms with Crippen LogP contribution in [-0.4, -0.2) is 46.1 Å². The van der Waals surface area contributed by atoms with Gasteiger partial charge in [0.05, 0.1) is 5.60 Å². The molecule has 2 N–H and O–H groups in total. The molecule has 0 saturated carbocycles. The summed E-state index contributed by atoms with van der Waals surface area (Å²) in [6.45, 7) is 5.80. The first-order valence-electron chi connectivity index (χ1n) is 6.73. The monoisotopic (exact) mass is 263 g/mol. The van der Waals surface area contributed by atoms with Crippen molar-refractivity contribution in [2.24, 2.45) is 0 Å². The van der Waals surface area contributed by atoms with Crippen molar-refractivity contribution in [3.8, 4) is 0 Å². The Morgan fingerprint density at radius 2 is 2.21 bits per heavy atom. The van der Waals surface area contributed by atoms with Crippen molar-refractivity contribution < 1.29 is 9.90 Å². The lowest BCUT2D eigenvalue weighted by atomic mass is 9.94. The molecule has 2 heterocycles. The summed E-state index contributed by atoms with van der Waals surface area (Å²) in [7, 11) is 0. The first-order valence-corrected chi connectivity index (χ1v) is 6.73. The van der Waals surface area contributed by atoms with Crippen LogP contribution < -0.4 is 5.32 Å². The van der Waals surface area contributed by atoms with E-state index in [0.29, 0.717) is 31.6 Å². The summed E-state index contributed by atoms with van der Waals surface area (Å²) >= 11 is 0. The van der Waals surface area contributed by atoms with Crippen molar-refractivity contribution in [3.63, 3.8) is 0 Å². The number of carbonyl (C=O) groups excluding carboxylic acids is 1. The molecule has 1 aliphatic rings. The van der Waals surface area contributed by atoms with Gasteiger partial charge in [0.1, 0.15) is 5.69 Å². The van der Waals surface area contributed by atoms with E-state index in [2.05, 4.69) is 10.3 Å². The molecule has 2 rings (SSSR count). The molecular formula is C14H21N3O2. The van der Waals surface area contributed by atoms with Crippen LogP contribution in [0.4, 0.5) is 5.69 Å². The quantitative estimate of drug-likeness (QED) is 0.867. The Bertz CT molecular complexity index is 450. The van der Waals surface area contributed by atoms with E-state index in [-0.39, 0.29) is 5.91 Å². The molecule has 5 heteroatoms. The van der Waals surface area contributed by atoms with Gasteiger partial charge in [-0.25, -0.2) is 0 Å². The second kappa shape index (κ2) is 5.57. The van der Waals surface area contributed by atoms with Gasteiger partial charge in [0.15, 0.2) is 0 Å². The molecule has 0 aliphatic carbocycles. The molecule has 1 aliphatic heterocycles. The second-order valence-electron chi connectivity index (χ2n) is 5.25. The molecule has 0 bridgehead atoms. The third kappa shape index (κ3) is 3.44. The van der Waals surface area contributed by atoms with Crippen molar-refractivity contribution in [2.75, 3.05) is 25.0 Å². The molecule has 1 saturated heterocycles. The van der Waals surface area contributed by atoms with Crippen LogP contribution in [0.15, 0.2) is 18.3 Å². The normalized spacial score (nSPS) is 18.2. The van der Waals surface area contributed by atoms with E-state index < -0.39 is 5.60 Å². The molecule has 1 amide bonds. The van der Waals surface area contributed by atoms with E-state index in [1.54, 1.807) is 17.2 Å². The largest absolute Gasteiger partial charge is 0.390 e. The number of pyridine rings is 1. The zero-order chi connectivity index (χ0) is 13.9. The Hall–Kier alpha value is -1.62. The predicted molar refractivity (Wildman–Crippen MR) is 74.2 cm³/mol. The molecular weight excluding hydrogens is 242 g/mol. The van der Waals surface area contributed by atoms with Crippen LogP contribution in [-0.2, 0) is 0 Å². The maximum Gasteiger partial charge on any atom is 0.272 e. The Morgan fingerprint density at radius 1 is 1.53 bits per heavy atom. The van der Waals surface area contributed by atoms with Crippen LogP contribution >= 0.6 is 0 Å². The number of nitrogens with zero attached hydrogens (tertiary/aromatic N) is 2. The van der Waals surface area contributed by atoms with E-state index in [1.807, 2.05) is 19.9 Å². The lowest BCUT2D eigenvalue weighted by Crippen LogP contribution is -2.45. The third-order valence-corrected chi connectivity index (χ3v) is 3.49. The maximum atomic E-state index is 12.3. The fourth-order valence-electron chi connectivity index (χ4n) is 2.22. The van der Waals surface area contributed by atoms with E-state index in [9.17, 15) is 9.90 Å². The topological polar surface area (TPSA) is 65.5 Å². The van der Waals surface area contributed by atoms with Crippen LogP contribution in [0.3, 0.4) is 0 Å². The molecule has 19 heavy (non-hydrogen) atoms. The fourth-order valence-corrected chi connectivity index (χ4v) is 2.22. The zero-order valence-corrected chi connectivity index (χ0v) is 11.5. The van der Waals surface area contributed by atoms with Crippen LogP contribution in [0.5, 0.6) is 0 Å². The third-order valence-electron chi connectivity index (χ3n) is 3.49. The molecule has 104 valence electrons. The lowest BCUT2D eigenvalue weighted by molar-refractivity contribution is -0.00219. The van der Waals surface area contributed by atoms with Crippen molar-refractivity contribution >= 4 is 11.6 Å². The van der Waals surface area contributed by atoms with Crippen molar-refractivity contribution in [1.29, 1.82) is 0 Å². The number of carbonyl (C=O) groups is 1. The van der Waals surface area contributed by atoms with Crippen LogP contribution in [0.2, 0.25) is 0 Å². The Kier molecular flexibility index (Phi) is 4.04. The van der Waals surface area contributed by atoms with E-state index in [1.165, 1.54) is 0 Å². The summed E-state index contributed by atoms with van der Waals surface area (Å²) in [6.07, 6.45) is 2.88. The van der Waals surface area contributed by atoms with Crippen LogP contribution in [0.1, 0.15) is 37.2 Å². The molecule has 0 spiro atoms. The number of anilines is 1. The number of hydrogen-bond acceptors (Lipinski definition) is 4. The molecule has 1 aromatic rings. The summed E-state index contributed by atoms with van der Waals surface area (Å²) in [4.78, 5) is 18.2. The van der Waals surface area contributed by atoms with Crippen molar-refractivity contribution in [1.82, 2.24) is 9.88 Å². The second-order valence-corrected chi connectivity index (χ2v) is 5.25. The highest BCUT2D eigenvalue weighted by Gasteiger charge is 2.30. The Morgan fingerprint density at radius 3 is 2.84 bits per heavy atom. The van der Waals surface area contributed by atoms with E-state index >= 15 is 0 Å². The SMILES string of the molecule is CCNc1ccnc(C(=O)N2CCC(C)(O)CC2)c1. The molecule has 0 radical (unpaired) electrons. The number of aliphatic hydroxyl groups is 1. The highest BCUT2D eigenvalue weighted by atomic mass is 16.3. The Labute approximate surface area is 113 Å². The molecule has 1 aromatic heterocycles. The minimum absolute atomic E-state index is 0.0600. The number of aromatic nitrogens is 1. The van der Waals surface area contributed by atoms with Gasteiger partial charge < -0.3 is 15.3 Å². The van der Waals surface area contributed by atoms with E-state index in [0.717, 1.165) is 12.2 Å². The van der Waals surface area contributed by atoms with Crippen LogP contribution in [0, 0.1) is 0 Å². The van der Waals surface area contributed by atoms with Crippen molar-refractivity contribution in [2.45, 2.75) is 32.3 Å². The zero-order valence-electron chi connectivity index (χ0n) is 11.5. The highest BCUT2D eigenvalue weighted by Crippen LogP contribution is 2.22. The van der Waals surface area contributed by atoms with Crippen LogP contribution in [0.25, 0.3) is 0 Å². The average Bonchev–Trinajstić information content (AvgIpc) is 2.39. The van der Waals surface area contributed by atoms with Gasteiger partial charge in [0, 0.05) is 31.5 Å². The Balaban J connectivity index is 2.05. The van der Waals surface area contributed by atoms with Gasteiger partial charge in [-0.15, -0.1) is 0 Å². The summed E-state index contributed by atoms with van der Waals surface area (Å²) in [5.41, 5.74) is 0.723. The van der Waals surface area contributed by atoms with Gasteiger partial charge >= 0.3 is 0 Å². The molecule has 5 nitrogen and oxygen atoms in total. The summed E-state index contributed by atoms with van der Waals surface area (Å²) in [5.74, 6) is -0.0600. The number of amides is 1. The first kappa shape index (κ1) is 13.8. The maximum absolute atomic E-state index is 12.3. The average molecular weight is 263 g/mol. The van der Waals surface area contributed by atoms with Gasteiger partial charge in [-0.1, -0.05) is 0 Å². The van der Waals surface area contributed by atoms with E-state index in [4.69, 9.17) is 0 Å². The highest BCUT2D eigenvalue weighted by molar-refractivity contribution is 5.93. The molecule has 0 atom stereocenters. The minimum Gasteiger partial charge on any atom is -0.390 e. The number of nitrogens with one attached hydrogen (secondary N) is 1. The lowest BCUT2D eigenvalue weighted by Gasteiger charge is -2.35. The van der Waals surface area contributed by atoms with Gasteiger partial charge in [-0.3, -0.25) is 9.78 Å². The summed E-state index contributed by atoms with van der Waals surface area (Å²) in [5, 5.41) is 13.1. The first-order chi connectivity index (χ1) is 9.02. The van der Waals surface area contributed by atoms with Gasteiger partial charge in [-0.05, 0) is 38.8 Å². The minimum atomic E-state index is -0.643. The van der Waals surface area contributed by atoms with Gasteiger partial charge in [0.2, 0.25) is 0 Å². The van der Waals surface area contributed by atoms with Gasteiger partial charge in [0.25, 0.3) is 5.91 Å². The van der Waals surface area contributed by atoms with Gasteiger partial charge in [-0.2, -0.15) is 0 Å². The standard InChI is InChI=1S/C14H21N3O2/c1-3-15-11-4-7-16-12(10-11)13(18)17-8-5-14(2,19)6-9-17/h4,7,10,19H,3,5-6,8-9H2,1-2H3,(H,15,16). The summed E-state index contributed by atoms with van der Waals surface area (Å²) in [6, 6.07) is 3.62. The molecule has 0 aromatic carbocycles. The number of likely N-dealkylation sites (tertiary alicyclic amines) is 1. The summed E-state index contributed by atoms with van der Waals surface area (Å²) < 4.78 is 0.